The van der Waals surface area contributed by atoms with Gasteiger partial charge in [-0.1, -0.05) is 13.0 Å². The van der Waals surface area contributed by atoms with E-state index in [2.05, 4.69) is 23.7 Å². The Balaban J connectivity index is 1.94. The van der Waals surface area contributed by atoms with Crippen molar-refractivity contribution in [1.29, 1.82) is 0 Å². The highest BCUT2D eigenvalue weighted by atomic mass is 15.1. The molecule has 14 heavy (non-hydrogen) atoms. The summed E-state index contributed by atoms with van der Waals surface area (Å²) in [6.45, 7) is 12.1. The van der Waals surface area contributed by atoms with Gasteiger partial charge in [0.25, 0.3) is 0 Å². The van der Waals surface area contributed by atoms with Crippen LogP contribution < -0.4 is 5.32 Å². The van der Waals surface area contributed by atoms with E-state index < -0.39 is 0 Å². The molecule has 1 aliphatic heterocycles. The number of likely N-dealkylation sites (tertiary alicyclic amines) is 1. The van der Waals surface area contributed by atoms with E-state index >= 15 is 0 Å². The minimum absolute atomic E-state index is 0.888. The summed E-state index contributed by atoms with van der Waals surface area (Å²) < 4.78 is 0. The van der Waals surface area contributed by atoms with E-state index in [9.17, 15) is 0 Å². The quantitative estimate of drug-likeness (QED) is 0.494. The summed E-state index contributed by atoms with van der Waals surface area (Å²) in [7, 11) is 0. The highest BCUT2D eigenvalue weighted by Crippen LogP contribution is 2.14. The normalized spacial score (nSPS) is 22.8. The van der Waals surface area contributed by atoms with Crippen molar-refractivity contribution in [1.82, 2.24) is 10.2 Å². The molecule has 1 rings (SSSR count). The summed E-state index contributed by atoms with van der Waals surface area (Å²) in [5.74, 6) is 0.888. The molecule has 0 aromatic carbocycles. The first kappa shape index (κ1) is 11.7. The average molecular weight is 196 g/mol. The lowest BCUT2D eigenvalue weighted by molar-refractivity contribution is 0.339. The van der Waals surface area contributed by atoms with Gasteiger partial charge in [0, 0.05) is 6.54 Å². The van der Waals surface area contributed by atoms with E-state index in [1.54, 1.807) is 0 Å². The van der Waals surface area contributed by atoms with Gasteiger partial charge in [-0.3, -0.25) is 0 Å². The van der Waals surface area contributed by atoms with E-state index in [0.717, 1.165) is 18.9 Å². The molecule has 82 valence electrons. The largest absolute Gasteiger partial charge is 0.316 e. The van der Waals surface area contributed by atoms with Crippen molar-refractivity contribution in [2.24, 2.45) is 5.92 Å². The van der Waals surface area contributed by atoms with Crippen LogP contribution in [0.25, 0.3) is 0 Å². The van der Waals surface area contributed by atoms with Crippen LogP contribution in [0.4, 0.5) is 0 Å². The summed E-state index contributed by atoms with van der Waals surface area (Å²) in [4.78, 5) is 2.54. The van der Waals surface area contributed by atoms with E-state index in [0.29, 0.717) is 0 Å². The number of unbranched alkanes of at least 4 members (excludes halogenated alkanes) is 1. The first-order chi connectivity index (χ1) is 6.86. The van der Waals surface area contributed by atoms with Crippen LogP contribution in [-0.2, 0) is 0 Å². The first-order valence-electron chi connectivity index (χ1n) is 5.90. The number of hydrogen-bond acceptors (Lipinski definition) is 2. The second-order valence-electron chi connectivity index (χ2n) is 4.18. The maximum absolute atomic E-state index is 3.72. The summed E-state index contributed by atoms with van der Waals surface area (Å²) in [5, 5.41) is 3.53. The fraction of sp³-hybridized carbons (Fsp3) is 0.833. The highest BCUT2D eigenvalue weighted by molar-refractivity contribution is 4.76. The van der Waals surface area contributed by atoms with Gasteiger partial charge >= 0.3 is 0 Å². The van der Waals surface area contributed by atoms with Crippen molar-refractivity contribution in [3.63, 3.8) is 0 Å². The fourth-order valence-electron chi connectivity index (χ4n) is 2.04. The lowest BCUT2D eigenvalue weighted by Gasteiger charge is -2.13. The zero-order chi connectivity index (χ0) is 10.2. The van der Waals surface area contributed by atoms with Crippen LogP contribution in [0.5, 0.6) is 0 Å². The van der Waals surface area contributed by atoms with E-state index in [1.807, 2.05) is 6.08 Å². The molecule has 1 heterocycles. The minimum atomic E-state index is 0.888. The molecule has 0 bridgehead atoms. The lowest BCUT2D eigenvalue weighted by Crippen LogP contribution is -2.27. The van der Waals surface area contributed by atoms with Gasteiger partial charge in [-0.15, -0.1) is 6.58 Å². The Morgan fingerprint density at radius 2 is 2.43 bits per heavy atom. The Labute approximate surface area is 88.4 Å². The molecule has 1 saturated heterocycles. The summed E-state index contributed by atoms with van der Waals surface area (Å²) in [6, 6.07) is 0. The fourth-order valence-corrected chi connectivity index (χ4v) is 2.04. The van der Waals surface area contributed by atoms with Crippen molar-refractivity contribution in [3.05, 3.63) is 12.7 Å². The minimum Gasteiger partial charge on any atom is -0.316 e. The molecule has 1 unspecified atom stereocenters. The third-order valence-electron chi connectivity index (χ3n) is 3.01. The Kier molecular flexibility index (Phi) is 5.88. The second-order valence-corrected chi connectivity index (χ2v) is 4.18. The van der Waals surface area contributed by atoms with Crippen molar-refractivity contribution in [2.45, 2.75) is 26.2 Å². The monoisotopic (exact) mass is 196 g/mol. The Hall–Kier alpha value is -0.340. The predicted molar refractivity (Wildman–Crippen MR) is 62.5 cm³/mol. The molecule has 0 saturated carbocycles. The molecule has 1 N–H and O–H groups in total. The number of nitrogens with zero attached hydrogens (tertiary/aromatic N) is 1. The summed E-state index contributed by atoms with van der Waals surface area (Å²) in [5.41, 5.74) is 0. The van der Waals surface area contributed by atoms with Gasteiger partial charge in [0.2, 0.25) is 0 Å². The van der Waals surface area contributed by atoms with Crippen LogP contribution in [-0.4, -0.2) is 37.6 Å². The predicted octanol–water partition coefficient (Wildman–Crippen LogP) is 1.88. The maximum atomic E-state index is 3.72. The van der Waals surface area contributed by atoms with Crippen LogP contribution in [0.1, 0.15) is 26.2 Å². The van der Waals surface area contributed by atoms with Gasteiger partial charge in [-0.2, -0.15) is 0 Å². The molecule has 1 aliphatic rings. The Morgan fingerprint density at radius 3 is 3.07 bits per heavy atom. The Morgan fingerprint density at radius 1 is 1.57 bits per heavy atom. The first-order valence-corrected chi connectivity index (χ1v) is 5.90. The molecule has 0 spiro atoms. The zero-order valence-electron chi connectivity index (χ0n) is 9.47. The smallest absolute Gasteiger partial charge is 0.00222 e. The summed E-state index contributed by atoms with van der Waals surface area (Å²) >= 11 is 0. The topological polar surface area (TPSA) is 15.3 Å². The molecular weight excluding hydrogens is 172 g/mol. The van der Waals surface area contributed by atoms with Crippen molar-refractivity contribution < 1.29 is 0 Å². The number of nitrogens with one attached hydrogen (secondary N) is 1. The molecule has 2 nitrogen and oxygen atoms in total. The molecule has 0 aliphatic carbocycles. The van der Waals surface area contributed by atoms with Gasteiger partial charge in [-0.25, -0.2) is 0 Å². The van der Waals surface area contributed by atoms with Gasteiger partial charge in [0.05, 0.1) is 0 Å². The number of allylic oxidation sites excluding steroid dienone is 1. The van der Waals surface area contributed by atoms with Gasteiger partial charge < -0.3 is 10.2 Å². The second kappa shape index (κ2) is 7.02. The van der Waals surface area contributed by atoms with Gasteiger partial charge in [-0.05, 0) is 51.4 Å². The molecule has 2 heteroatoms. The highest BCUT2D eigenvalue weighted by Gasteiger charge is 2.19. The molecule has 1 atom stereocenters. The standard InChI is InChI=1S/C12H24N2/c1-3-5-6-8-13-10-12-7-9-14(4-2)11-12/h3,12-13H,1,4-11H2,2H3. The third kappa shape index (κ3) is 4.25. The van der Waals surface area contributed by atoms with Crippen molar-refractivity contribution >= 4 is 0 Å². The zero-order valence-corrected chi connectivity index (χ0v) is 9.47. The van der Waals surface area contributed by atoms with E-state index in [1.165, 1.54) is 39.0 Å². The van der Waals surface area contributed by atoms with Crippen LogP contribution in [0.15, 0.2) is 12.7 Å². The third-order valence-corrected chi connectivity index (χ3v) is 3.01. The van der Waals surface area contributed by atoms with Gasteiger partial charge in [0.15, 0.2) is 0 Å². The maximum Gasteiger partial charge on any atom is 0.00222 e. The molecule has 0 amide bonds. The van der Waals surface area contributed by atoms with E-state index in [-0.39, 0.29) is 0 Å². The van der Waals surface area contributed by atoms with Crippen molar-refractivity contribution in [3.8, 4) is 0 Å². The number of hydrogen-bond donors (Lipinski definition) is 1. The van der Waals surface area contributed by atoms with Crippen LogP contribution in [0.2, 0.25) is 0 Å². The molecule has 1 fully saturated rings. The average Bonchev–Trinajstić information content (AvgIpc) is 2.65. The number of rotatable bonds is 7. The van der Waals surface area contributed by atoms with E-state index in [4.69, 9.17) is 0 Å². The van der Waals surface area contributed by atoms with Crippen molar-refractivity contribution in [2.75, 3.05) is 32.7 Å². The lowest BCUT2D eigenvalue weighted by atomic mass is 10.1. The molecule has 0 radical (unpaired) electrons. The van der Waals surface area contributed by atoms with Crippen LogP contribution in [0, 0.1) is 5.92 Å². The Bertz CT molecular complexity index is 156. The van der Waals surface area contributed by atoms with Gasteiger partial charge in [0.1, 0.15) is 0 Å². The SMILES string of the molecule is C=CCCCNCC1CCN(CC)C1. The van der Waals surface area contributed by atoms with Crippen LogP contribution >= 0.6 is 0 Å². The molecule has 0 aromatic rings. The molecule has 0 aromatic heterocycles. The summed E-state index contributed by atoms with van der Waals surface area (Å²) in [6.07, 6.45) is 5.74. The molecular formula is C12H24N2. The van der Waals surface area contributed by atoms with Crippen LogP contribution in [0.3, 0.4) is 0 Å².